The second-order valence-electron chi connectivity index (χ2n) is 7.04. The fourth-order valence-electron chi connectivity index (χ4n) is 2.88. The van der Waals surface area contributed by atoms with Gasteiger partial charge in [0, 0.05) is 31.1 Å². The van der Waals surface area contributed by atoms with Gasteiger partial charge in [-0.25, -0.2) is 4.79 Å². The topological polar surface area (TPSA) is 71.4 Å². The van der Waals surface area contributed by atoms with Crippen molar-refractivity contribution in [3.05, 3.63) is 34.9 Å². The lowest BCUT2D eigenvalue weighted by Crippen LogP contribution is -2.36. The van der Waals surface area contributed by atoms with Crippen molar-refractivity contribution >= 4 is 12.0 Å². The van der Waals surface area contributed by atoms with E-state index in [9.17, 15) is 4.79 Å². The molecule has 5 heteroatoms. The molecule has 2 aliphatic rings. The number of nitrogens with one attached hydrogen (secondary N) is 2. The predicted molar refractivity (Wildman–Crippen MR) is 100 cm³/mol. The fraction of sp³-hybridized carbons (Fsp3) is 0.524. The quantitative estimate of drug-likeness (QED) is 0.493. The molecule has 0 spiro atoms. The SMILES string of the molecule is Cc1ccc(C#CC2CC2)cc1CC(=N)OC(=O)NCC1CCCCO1. The first-order valence-electron chi connectivity index (χ1n) is 9.36. The first-order valence-corrected chi connectivity index (χ1v) is 9.36. The smallest absolute Gasteiger partial charge is 0.396 e. The van der Waals surface area contributed by atoms with Gasteiger partial charge in [0.15, 0.2) is 5.90 Å². The van der Waals surface area contributed by atoms with Crippen LogP contribution in [0.4, 0.5) is 4.79 Å². The summed E-state index contributed by atoms with van der Waals surface area (Å²) in [6.45, 7) is 3.16. The molecule has 2 fully saturated rings. The summed E-state index contributed by atoms with van der Waals surface area (Å²) in [5.74, 6) is 6.92. The van der Waals surface area contributed by atoms with Crippen molar-refractivity contribution in [1.29, 1.82) is 5.41 Å². The number of aryl methyl sites for hydroxylation is 1. The molecule has 1 saturated carbocycles. The summed E-state index contributed by atoms with van der Waals surface area (Å²) in [6, 6.07) is 5.98. The van der Waals surface area contributed by atoms with Crippen LogP contribution in [0.1, 0.15) is 48.8 Å². The Balaban J connectivity index is 1.48. The zero-order valence-corrected chi connectivity index (χ0v) is 15.3. The standard InChI is InChI=1S/C21H26N2O3/c1-15-5-6-17(10-9-16-7-8-16)12-18(15)13-20(22)26-21(24)23-14-19-4-2-3-11-25-19/h5-6,12,16,19,22H,2-4,7-8,11,13-14H2,1H3,(H,23,24). The van der Waals surface area contributed by atoms with Crippen LogP contribution in [0.15, 0.2) is 18.2 Å². The van der Waals surface area contributed by atoms with E-state index in [1.165, 1.54) is 12.8 Å². The van der Waals surface area contributed by atoms with Gasteiger partial charge in [0.2, 0.25) is 0 Å². The van der Waals surface area contributed by atoms with Crippen molar-refractivity contribution in [2.75, 3.05) is 13.2 Å². The molecule has 1 saturated heterocycles. The number of ether oxygens (including phenoxy) is 2. The molecule has 0 bridgehead atoms. The average molecular weight is 354 g/mol. The number of amides is 1. The van der Waals surface area contributed by atoms with Crippen LogP contribution in [0.3, 0.4) is 0 Å². The van der Waals surface area contributed by atoms with Gasteiger partial charge in [0.1, 0.15) is 0 Å². The van der Waals surface area contributed by atoms with Gasteiger partial charge in [-0.05, 0) is 62.3 Å². The van der Waals surface area contributed by atoms with Crippen molar-refractivity contribution in [3.63, 3.8) is 0 Å². The highest BCUT2D eigenvalue weighted by Gasteiger charge is 2.18. The first-order chi connectivity index (χ1) is 12.6. The van der Waals surface area contributed by atoms with Crippen LogP contribution in [-0.4, -0.2) is 31.2 Å². The number of alkyl carbamates (subject to hydrolysis) is 1. The summed E-state index contributed by atoms with van der Waals surface area (Å²) < 4.78 is 10.7. The molecule has 1 atom stereocenters. The Bertz CT molecular complexity index is 723. The van der Waals surface area contributed by atoms with E-state index in [0.717, 1.165) is 42.6 Å². The summed E-state index contributed by atoms with van der Waals surface area (Å²) in [5, 5.41) is 10.7. The van der Waals surface area contributed by atoms with Gasteiger partial charge in [-0.15, -0.1) is 0 Å². The van der Waals surface area contributed by atoms with E-state index in [1.54, 1.807) is 0 Å². The number of benzene rings is 1. The molecule has 0 radical (unpaired) electrons. The van der Waals surface area contributed by atoms with Crippen LogP contribution >= 0.6 is 0 Å². The zero-order valence-electron chi connectivity index (χ0n) is 15.3. The predicted octanol–water partition coefficient (Wildman–Crippen LogP) is 3.57. The molecular formula is C21H26N2O3. The van der Waals surface area contributed by atoms with Crippen LogP contribution in [0.25, 0.3) is 0 Å². The molecule has 1 amide bonds. The highest BCUT2D eigenvalue weighted by atomic mass is 16.6. The second kappa shape index (κ2) is 8.86. The number of carbonyl (C=O) groups excluding carboxylic acids is 1. The van der Waals surface area contributed by atoms with Crippen LogP contribution in [0.5, 0.6) is 0 Å². The van der Waals surface area contributed by atoms with Crippen LogP contribution in [0, 0.1) is 30.1 Å². The van der Waals surface area contributed by atoms with Crippen LogP contribution in [-0.2, 0) is 15.9 Å². The lowest BCUT2D eigenvalue weighted by Gasteiger charge is -2.22. The molecule has 1 unspecified atom stereocenters. The molecule has 138 valence electrons. The lowest BCUT2D eigenvalue weighted by atomic mass is 10.0. The highest BCUT2D eigenvalue weighted by molar-refractivity contribution is 5.87. The molecule has 1 aromatic rings. The molecule has 1 aliphatic heterocycles. The minimum Gasteiger partial charge on any atom is -0.396 e. The summed E-state index contributed by atoms with van der Waals surface area (Å²) in [7, 11) is 0. The third-order valence-corrected chi connectivity index (χ3v) is 4.66. The van der Waals surface area contributed by atoms with Crippen molar-refractivity contribution < 1.29 is 14.3 Å². The van der Waals surface area contributed by atoms with Gasteiger partial charge in [-0.3, -0.25) is 5.41 Å². The maximum Gasteiger partial charge on any atom is 0.413 e. The third-order valence-electron chi connectivity index (χ3n) is 4.66. The molecule has 3 rings (SSSR count). The van der Waals surface area contributed by atoms with E-state index in [-0.39, 0.29) is 18.4 Å². The van der Waals surface area contributed by atoms with E-state index in [0.29, 0.717) is 12.5 Å². The minimum atomic E-state index is -0.591. The van der Waals surface area contributed by atoms with Gasteiger partial charge >= 0.3 is 6.09 Å². The Morgan fingerprint density at radius 3 is 2.92 bits per heavy atom. The zero-order chi connectivity index (χ0) is 18.4. The monoisotopic (exact) mass is 354 g/mol. The molecule has 2 N–H and O–H groups in total. The lowest BCUT2D eigenvalue weighted by molar-refractivity contribution is 0.0174. The van der Waals surface area contributed by atoms with Crippen molar-refractivity contribution in [1.82, 2.24) is 5.32 Å². The van der Waals surface area contributed by atoms with Gasteiger partial charge < -0.3 is 14.8 Å². The van der Waals surface area contributed by atoms with Gasteiger partial charge in [0.25, 0.3) is 0 Å². The normalized spacial score (nSPS) is 19.2. The summed E-state index contributed by atoms with van der Waals surface area (Å²) in [4.78, 5) is 11.9. The second-order valence-corrected chi connectivity index (χ2v) is 7.04. The van der Waals surface area contributed by atoms with Gasteiger partial charge in [-0.1, -0.05) is 17.9 Å². The molecule has 1 heterocycles. The van der Waals surface area contributed by atoms with Crippen LogP contribution in [0.2, 0.25) is 0 Å². The molecule has 1 aromatic carbocycles. The third kappa shape index (κ3) is 5.89. The van der Waals surface area contributed by atoms with Crippen LogP contribution < -0.4 is 5.32 Å². The molecule has 0 aromatic heterocycles. The van der Waals surface area contributed by atoms with Crippen molar-refractivity contribution in [2.45, 2.75) is 51.6 Å². The molecular weight excluding hydrogens is 328 g/mol. The fourth-order valence-corrected chi connectivity index (χ4v) is 2.88. The molecule has 1 aliphatic carbocycles. The largest absolute Gasteiger partial charge is 0.413 e. The Morgan fingerprint density at radius 1 is 1.35 bits per heavy atom. The van der Waals surface area contributed by atoms with E-state index in [1.807, 2.05) is 25.1 Å². The van der Waals surface area contributed by atoms with E-state index < -0.39 is 6.09 Å². The van der Waals surface area contributed by atoms with Gasteiger partial charge in [0.05, 0.1) is 6.10 Å². The molecule has 5 nitrogen and oxygen atoms in total. The first kappa shape index (κ1) is 18.5. The summed E-state index contributed by atoms with van der Waals surface area (Å²) in [6.07, 6.45) is 5.28. The number of hydrogen-bond acceptors (Lipinski definition) is 4. The van der Waals surface area contributed by atoms with E-state index in [2.05, 4.69) is 17.2 Å². The summed E-state index contributed by atoms with van der Waals surface area (Å²) in [5.41, 5.74) is 2.97. The maximum atomic E-state index is 11.9. The number of rotatable bonds is 4. The Morgan fingerprint density at radius 2 is 2.19 bits per heavy atom. The minimum absolute atomic E-state index is 0.0504. The van der Waals surface area contributed by atoms with E-state index >= 15 is 0 Å². The highest BCUT2D eigenvalue weighted by Crippen LogP contribution is 2.27. The number of carbonyl (C=O) groups is 1. The van der Waals surface area contributed by atoms with Gasteiger partial charge in [-0.2, -0.15) is 0 Å². The Kier molecular flexibility index (Phi) is 6.30. The Labute approximate surface area is 155 Å². The Hall–Kier alpha value is -2.32. The van der Waals surface area contributed by atoms with E-state index in [4.69, 9.17) is 14.9 Å². The average Bonchev–Trinajstić information content (AvgIpc) is 3.46. The number of hydrogen-bond donors (Lipinski definition) is 2. The maximum absolute atomic E-state index is 11.9. The molecule has 26 heavy (non-hydrogen) atoms. The van der Waals surface area contributed by atoms with Crippen molar-refractivity contribution in [2.24, 2.45) is 5.92 Å². The summed E-state index contributed by atoms with van der Waals surface area (Å²) >= 11 is 0. The van der Waals surface area contributed by atoms with Crippen molar-refractivity contribution in [3.8, 4) is 11.8 Å².